The van der Waals surface area contributed by atoms with E-state index in [-0.39, 0.29) is 12.0 Å². The number of hydrogen-bond donors (Lipinski definition) is 1. The molecule has 1 N–H and O–H groups in total. The zero-order chi connectivity index (χ0) is 14.0. The van der Waals surface area contributed by atoms with Crippen LogP contribution in [-0.2, 0) is 14.3 Å². The lowest BCUT2D eigenvalue weighted by Crippen LogP contribution is -2.61. The van der Waals surface area contributed by atoms with Gasteiger partial charge in [0.05, 0.1) is 19.3 Å². The van der Waals surface area contributed by atoms with Gasteiger partial charge in [-0.1, -0.05) is 0 Å². The fourth-order valence-electron chi connectivity index (χ4n) is 3.31. The fourth-order valence-corrected chi connectivity index (χ4v) is 3.31. The molecule has 3 unspecified atom stereocenters. The van der Waals surface area contributed by atoms with E-state index >= 15 is 0 Å². The number of ether oxygens (including phenoxy) is 2. The van der Waals surface area contributed by atoms with Crippen LogP contribution in [0.1, 0.15) is 33.6 Å². The second-order valence-corrected chi connectivity index (χ2v) is 6.27. The monoisotopic (exact) mass is 270 g/mol. The second kappa shape index (κ2) is 5.77. The highest BCUT2D eigenvalue weighted by Crippen LogP contribution is 2.27. The molecular formula is C14H26N2O3. The molecule has 5 nitrogen and oxygen atoms in total. The third-order valence-corrected chi connectivity index (χ3v) is 3.90. The van der Waals surface area contributed by atoms with Crippen LogP contribution in [0.15, 0.2) is 0 Å². The van der Waals surface area contributed by atoms with Crippen LogP contribution in [0.3, 0.4) is 0 Å². The van der Waals surface area contributed by atoms with Gasteiger partial charge < -0.3 is 9.47 Å². The molecule has 110 valence electrons. The number of nitrogens with zero attached hydrogens (tertiary/aromatic N) is 1. The Morgan fingerprint density at radius 1 is 1.42 bits per heavy atom. The molecule has 2 heterocycles. The van der Waals surface area contributed by atoms with Crippen molar-refractivity contribution >= 4 is 5.97 Å². The Labute approximate surface area is 115 Å². The number of likely N-dealkylation sites (tertiary alicyclic amines) is 1. The van der Waals surface area contributed by atoms with Crippen molar-refractivity contribution < 1.29 is 14.3 Å². The van der Waals surface area contributed by atoms with Crippen LogP contribution in [0.2, 0.25) is 0 Å². The zero-order valence-corrected chi connectivity index (χ0v) is 12.4. The lowest BCUT2D eigenvalue weighted by atomic mass is 10.00. The first-order valence-corrected chi connectivity index (χ1v) is 7.17. The van der Waals surface area contributed by atoms with Gasteiger partial charge in [-0.3, -0.25) is 15.0 Å². The number of nitrogens with one attached hydrogen (secondary N) is 1. The predicted octanol–water partition coefficient (Wildman–Crippen LogP) is 0.779. The Morgan fingerprint density at radius 2 is 2.00 bits per heavy atom. The molecule has 2 saturated heterocycles. The summed E-state index contributed by atoms with van der Waals surface area (Å²) in [6, 6.07) is 0.238. The van der Waals surface area contributed by atoms with Crippen molar-refractivity contribution in [2.75, 3.05) is 26.7 Å². The molecule has 0 saturated carbocycles. The van der Waals surface area contributed by atoms with E-state index in [0.717, 1.165) is 25.9 Å². The van der Waals surface area contributed by atoms with E-state index in [1.54, 1.807) is 0 Å². The summed E-state index contributed by atoms with van der Waals surface area (Å²) in [6.45, 7) is 8.53. The van der Waals surface area contributed by atoms with Crippen LogP contribution in [0.4, 0.5) is 0 Å². The molecular weight excluding hydrogens is 244 g/mol. The van der Waals surface area contributed by atoms with Gasteiger partial charge in [-0.25, -0.2) is 0 Å². The molecule has 0 aromatic heterocycles. The van der Waals surface area contributed by atoms with Gasteiger partial charge in [-0.2, -0.15) is 0 Å². The SMILES string of the molecule is COC(=O)C(C)(CN1CC2CCC(C1)O2)NC(C)C. The first-order chi connectivity index (χ1) is 8.93. The Kier molecular flexibility index (Phi) is 4.48. The molecule has 2 aliphatic rings. The normalized spacial score (nSPS) is 30.4. The van der Waals surface area contributed by atoms with E-state index in [9.17, 15) is 4.79 Å². The maximum atomic E-state index is 12.1. The van der Waals surface area contributed by atoms with Crippen molar-refractivity contribution in [3.05, 3.63) is 0 Å². The minimum Gasteiger partial charge on any atom is -0.468 e. The van der Waals surface area contributed by atoms with Gasteiger partial charge in [0.2, 0.25) is 0 Å². The second-order valence-electron chi connectivity index (χ2n) is 6.27. The Balaban J connectivity index is 2.01. The molecule has 5 heteroatoms. The van der Waals surface area contributed by atoms with Crippen LogP contribution in [0.25, 0.3) is 0 Å². The van der Waals surface area contributed by atoms with E-state index in [1.165, 1.54) is 7.11 Å². The number of esters is 1. The molecule has 0 aromatic rings. The smallest absolute Gasteiger partial charge is 0.327 e. The van der Waals surface area contributed by atoms with Crippen molar-refractivity contribution in [1.82, 2.24) is 10.2 Å². The van der Waals surface area contributed by atoms with Crippen LogP contribution < -0.4 is 5.32 Å². The number of carbonyl (C=O) groups is 1. The minimum absolute atomic E-state index is 0.194. The maximum Gasteiger partial charge on any atom is 0.327 e. The summed E-state index contributed by atoms with van der Waals surface area (Å²) in [6.07, 6.45) is 2.99. The highest BCUT2D eigenvalue weighted by molar-refractivity contribution is 5.80. The minimum atomic E-state index is -0.653. The summed E-state index contributed by atoms with van der Waals surface area (Å²) in [5, 5.41) is 3.35. The number of carbonyl (C=O) groups excluding carboxylic acids is 1. The van der Waals surface area contributed by atoms with Crippen molar-refractivity contribution in [1.29, 1.82) is 0 Å². The molecule has 2 fully saturated rings. The number of hydrogen-bond acceptors (Lipinski definition) is 5. The van der Waals surface area contributed by atoms with Gasteiger partial charge in [-0.15, -0.1) is 0 Å². The molecule has 3 atom stereocenters. The summed E-state index contributed by atoms with van der Waals surface area (Å²) in [5.74, 6) is -0.194. The largest absolute Gasteiger partial charge is 0.468 e. The van der Waals surface area contributed by atoms with E-state index in [4.69, 9.17) is 9.47 Å². The number of rotatable bonds is 5. The lowest BCUT2D eigenvalue weighted by Gasteiger charge is -2.39. The van der Waals surface area contributed by atoms with Crippen LogP contribution in [0, 0.1) is 0 Å². The maximum absolute atomic E-state index is 12.1. The molecule has 0 aromatic carbocycles. The average molecular weight is 270 g/mol. The summed E-state index contributed by atoms with van der Waals surface area (Å²) in [5.41, 5.74) is -0.653. The van der Waals surface area contributed by atoms with E-state index in [0.29, 0.717) is 18.8 Å². The van der Waals surface area contributed by atoms with Gasteiger partial charge in [0.15, 0.2) is 0 Å². The fraction of sp³-hybridized carbons (Fsp3) is 0.929. The summed E-state index contributed by atoms with van der Waals surface area (Å²) in [4.78, 5) is 14.4. The van der Waals surface area contributed by atoms with Crippen LogP contribution in [-0.4, -0.2) is 61.4 Å². The van der Waals surface area contributed by atoms with E-state index < -0.39 is 5.54 Å². The lowest BCUT2D eigenvalue weighted by molar-refractivity contribution is -0.150. The van der Waals surface area contributed by atoms with Gasteiger partial charge in [-0.05, 0) is 33.6 Å². The molecule has 19 heavy (non-hydrogen) atoms. The summed E-state index contributed by atoms with van der Waals surface area (Å²) >= 11 is 0. The molecule has 2 bridgehead atoms. The van der Waals surface area contributed by atoms with Crippen LogP contribution >= 0.6 is 0 Å². The molecule has 0 amide bonds. The van der Waals surface area contributed by atoms with E-state index in [1.807, 2.05) is 20.8 Å². The van der Waals surface area contributed by atoms with Gasteiger partial charge in [0, 0.05) is 25.7 Å². The summed E-state index contributed by atoms with van der Waals surface area (Å²) < 4.78 is 10.8. The zero-order valence-electron chi connectivity index (χ0n) is 12.4. The molecule has 0 spiro atoms. The van der Waals surface area contributed by atoms with Gasteiger partial charge >= 0.3 is 5.97 Å². The van der Waals surface area contributed by atoms with Crippen molar-refractivity contribution in [2.45, 2.75) is 57.4 Å². The Bertz CT molecular complexity index is 323. The average Bonchev–Trinajstić information content (AvgIpc) is 2.66. The molecule has 0 radical (unpaired) electrons. The standard InChI is InChI=1S/C14H26N2O3/c1-10(2)15-14(3,13(17)18-4)9-16-7-11-5-6-12(8-16)19-11/h10-12,15H,5-9H2,1-4H3. The summed E-state index contributed by atoms with van der Waals surface area (Å²) in [7, 11) is 1.45. The van der Waals surface area contributed by atoms with Gasteiger partial charge in [0.1, 0.15) is 5.54 Å². The van der Waals surface area contributed by atoms with E-state index in [2.05, 4.69) is 10.2 Å². The topological polar surface area (TPSA) is 50.8 Å². The molecule has 0 aliphatic carbocycles. The third-order valence-electron chi connectivity index (χ3n) is 3.90. The number of fused-ring (bicyclic) bond motifs is 2. The molecule has 2 rings (SSSR count). The first kappa shape index (κ1) is 14.8. The Morgan fingerprint density at radius 3 is 2.47 bits per heavy atom. The number of morpholine rings is 1. The predicted molar refractivity (Wildman–Crippen MR) is 73.0 cm³/mol. The molecule has 2 aliphatic heterocycles. The number of methoxy groups -OCH3 is 1. The van der Waals surface area contributed by atoms with Crippen molar-refractivity contribution in [2.24, 2.45) is 0 Å². The van der Waals surface area contributed by atoms with Gasteiger partial charge in [0.25, 0.3) is 0 Å². The van der Waals surface area contributed by atoms with Crippen molar-refractivity contribution in [3.8, 4) is 0 Å². The van der Waals surface area contributed by atoms with Crippen LogP contribution in [0.5, 0.6) is 0 Å². The first-order valence-electron chi connectivity index (χ1n) is 7.17. The highest BCUT2D eigenvalue weighted by Gasteiger charge is 2.41. The third kappa shape index (κ3) is 3.46. The highest BCUT2D eigenvalue weighted by atomic mass is 16.5. The van der Waals surface area contributed by atoms with Crippen molar-refractivity contribution in [3.63, 3.8) is 0 Å². The quantitative estimate of drug-likeness (QED) is 0.748. The Hall–Kier alpha value is -0.650.